The number of benzene rings is 2. The molecular weight excluding hydrogens is 552 g/mol. The van der Waals surface area contributed by atoms with Gasteiger partial charge >= 0.3 is 5.97 Å². The number of nitrogens with two attached hydrogens (primary N) is 1. The molecule has 1 aliphatic rings. The van der Waals surface area contributed by atoms with E-state index in [-0.39, 0.29) is 17.3 Å². The number of thiophene rings is 1. The van der Waals surface area contributed by atoms with Crippen LogP contribution < -0.4 is 21.1 Å². The highest BCUT2D eigenvalue weighted by Gasteiger charge is 2.27. The maximum atomic E-state index is 13.9. The molecule has 3 heterocycles. The third-order valence-corrected chi connectivity index (χ3v) is 8.08. The number of carbonyl (C=O) groups is 3. The van der Waals surface area contributed by atoms with E-state index in [2.05, 4.69) is 28.6 Å². The number of carbonyl (C=O) groups excluding carboxylic acids is 3. The molecule has 0 atom stereocenters. The largest absolute Gasteiger partial charge is 0.493 e. The topological polar surface area (TPSA) is 133 Å². The van der Waals surface area contributed by atoms with Crippen molar-refractivity contribution in [1.29, 1.82) is 0 Å². The standard InChI is InChI=1S/C32H32N4O5S/c1-4-12-34-31(38)26-10-9-22(28(36-26)32(39)40-3)23-16-27-25(29-20(11-13-41-27)14-18(2)42-29)15-24(23)30(37)35-21-7-5-19(17-33)6-8-21/h5-10,14-16H,4,11-13,17,33H2,1-3H3,(H,34,38)(H,35,37). The zero-order valence-corrected chi connectivity index (χ0v) is 24.5. The van der Waals surface area contributed by atoms with Crippen LogP contribution in [0.4, 0.5) is 5.69 Å². The van der Waals surface area contributed by atoms with E-state index in [1.54, 1.807) is 41.7 Å². The molecule has 4 N–H and O–H groups in total. The van der Waals surface area contributed by atoms with Gasteiger partial charge in [0.25, 0.3) is 11.8 Å². The third kappa shape index (κ3) is 5.90. The number of hydrogen-bond acceptors (Lipinski definition) is 8. The minimum atomic E-state index is -0.731. The molecule has 42 heavy (non-hydrogen) atoms. The summed E-state index contributed by atoms with van der Waals surface area (Å²) in [6.07, 6.45) is 1.48. The highest BCUT2D eigenvalue weighted by molar-refractivity contribution is 7.15. The number of aromatic nitrogens is 1. The number of aryl methyl sites for hydroxylation is 1. The van der Waals surface area contributed by atoms with Crippen LogP contribution in [0.25, 0.3) is 21.6 Å². The maximum Gasteiger partial charge on any atom is 0.357 e. The molecule has 4 aromatic rings. The minimum Gasteiger partial charge on any atom is -0.493 e. The van der Waals surface area contributed by atoms with Crippen molar-refractivity contribution in [2.45, 2.75) is 33.2 Å². The first-order valence-corrected chi connectivity index (χ1v) is 14.5. The van der Waals surface area contributed by atoms with E-state index < -0.39 is 11.9 Å². The smallest absolute Gasteiger partial charge is 0.357 e. The SMILES string of the molecule is CCCNC(=O)c1ccc(-c2cc3c(cc2C(=O)Nc2ccc(CN)cc2)-c2sc(C)cc2CCO3)c(C(=O)OC)n1. The second-order valence-electron chi connectivity index (χ2n) is 9.90. The Morgan fingerprint density at radius 1 is 1.02 bits per heavy atom. The number of anilines is 1. The fourth-order valence-corrected chi connectivity index (χ4v) is 5.93. The minimum absolute atomic E-state index is 0.0725. The molecular formula is C32H32N4O5S. The van der Waals surface area contributed by atoms with Crippen LogP contribution in [0.5, 0.6) is 5.75 Å². The number of ether oxygens (including phenoxy) is 2. The monoisotopic (exact) mass is 584 g/mol. The average Bonchev–Trinajstić information content (AvgIpc) is 3.30. The number of fused-ring (bicyclic) bond motifs is 3. The Labute approximate surface area is 248 Å². The van der Waals surface area contributed by atoms with E-state index in [1.165, 1.54) is 13.2 Å². The van der Waals surface area contributed by atoms with Crippen LogP contribution in [0.15, 0.2) is 54.6 Å². The highest BCUT2D eigenvalue weighted by Crippen LogP contribution is 2.44. The lowest BCUT2D eigenvalue weighted by Gasteiger charge is -2.17. The number of rotatable bonds is 8. The summed E-state index contributed by atoms with van der Waals surface area (Å²) in [5.41, 5.74) is 10.3. The van der Waals surface area contributed by atoms with Crippen LogP contribution in [-0.2, 0) is 17.7 Å². The lowest BCUT2D eigenvalue weighted by atomic mass is 9.93. The van der Waals surface area contributed by atoms with Crippen molar-refractivity contribution >= 4 is 34.8 Å². The van der Waals surface area contributed by atoms with Gasteiger partial charge in [-0.1, -0.05) is 19.1 Å². The summed E-state index contributed by atoms with van der Waals surface area (Å²) in [5.74, 6) is -0.924. The molecule has 0 saturated heterocycles. The van der Waals surface area contributed by atoms with E-state index in [4.69, 9.17) is 15.2 Å². The van der Waals surface area contributed by atoms with Gasteiger partial charge in [0.15, 0.2) is 5.69 Å². The van der Waals surface area contributed by atoms with Gasteiger partial charge in [-0.3, -0.25) is 9.59 Å². The van der Waals surface area contributed by atoms with Crippen molar-refractivity contribution in [1.82, 2.24) is 10.3 Å². The van der Waals surface area contributed by atoms with E-state index in [0.717, 1.165) is 39.3 Å². The molecule has 0 fully saturated rings. The Bertz CT molecular complexity index is 1660. The summed E-state index contributed by atoms with van der Waals surface area (Å²) in [5, 5.41) is 5.74. The molecule has 2 aromatic heterocycles. The third-order valence-electron chi connectivity index (χ3n) is 6.95. The summed E-state index contributed by atoms with van der Waals surface area (Å²) in [6, 6.07) is 16.2. The van der Waals surface area contributed by atoms with Crippen molar-refractivity contribution in [3.05, 3.63) is 87.6 Å². The number of pyridine rings is 1. The molecule has 0 unspecified atom stereocenters. The van der Waals surface area contributed by atoms with Crippen LogP contribution in [0.3, 0.4) is 0 Å². The number of nitrogens with zero attached hydrogens (tertiary/aromatic N) is 1. The molecule has 0 radical (unpaired) electrons. The van der Waals surface area contributed by atoms with E-state index in [0.29, 0.717) is 47.8 Å². The Hall–Kier alpha value is -4.54. The Balaban J connectivity index is 1.68. The summed E-state index contributed by atoms with van der Waals surface area (Å²) in [4.78, 5) is 46.2. The predicted molar refractivity (Wildman–Crippen MR) is 163 cm³/mol. The lowest BCUT2D eigenvalue weighted by Crippen LogP contribution is -2.26. The average molecular weight is 585 g/mol. The predicted octanol–water partition coefficient (Wildman–Crippen LogP) is 5.36. The Morgan fingerprint density at radius 2 is 1.81 bits per heavy atom. The first kappa shape index (κ1) is 29.0. The lowest BCUT2D eigenvalue weighted by molar-refractivity contribution is 0.0594. The Morgan fingerprint density at radius 3 is 2.52 bits per heavy atom. The van der Waals surface area contributed by atoms with E-state index in [1.807, 2.05) is 19.1 Å². The second kappa shape index (κ2) is 12.5. The normalized spacial score (nSPS) is 11.9. The number of esters is 1. The van der Waals surface area contributed by atoms with Crippen molar-refractivity contribution < 1.29 is 23.9 Å². The first-order valence-electron chi connectivity index (χ1n) is 13.7. The summed E-state index contributed by atoms with van der Waals surface area (Å²) >= 11 is 1.65. The molecule has 0 saturated carbocycles. The van der Waals surface area contributed by atoms with Gasteiger partial charge in [0.05, 0.1) is 13.7 Å². The molecule has 216 valence electrons. The van der Waals surface area contributed by atoms with Crippen molar-refractivity contribution in [3.8, 4) is 27.3 Å². The van der Waals surface area contributed by atoms with Gasteiger partial charge in [-0.15, -0.1) is 11.3 Å². The molecule has 0 aliphatic carbocycles. The van der Waals surface area contributed by atoms with Crippen molar-refractivity contribution in [2.75, 3.05) is 25.6 Å². The summed E-state index contributed by atoms with van der Waals surface area (Å²) in [6.45, 7) is 5.32. The molecule has 1 aliphatic heterocycles. The van der Waals surface area contributed by atoms with Crippen LogP contribution in [0.1, 0.15) is 60.7 Å². The molecule has 5 rings (SSSR count). The van der Waals surface area contributed by atoms with Gasteiger partial charge in [-0.25, -0.2) is 9.78 Å². The van der Waals surface area contributed by atoms with Crippen LogP contribution in [0, 0.1) is 6.92 Å². The van der Waals surface area contributed by atoms with Gasteiger partial charge in [-0.05, 0) is 66.9 Å². The molecule has 2 aromatic carbocycles. The maximum absolute atomic E-state index is 13.9. The number of hydrogen-bond donors (Lipinski definition) is 3. The number of nitrogens with one attached hydrogen (secondary N) is 2. The van der Waals surface area contributed by atoms with Crippen LogP contribution in [-0.4, -0.2) is 43.0 Å². The fourth-order valence-electron chi connectivity index (χ4n) is 4.85. The second-order valence-corrected chi connectivity index (χ2v) is 11.2. The van der Waals surface area contributed by atoms with Crippen LogP contribution in [0.2, 0.25) is 0 Å². The zero-order chi connectivity index (χ0) is 29.8. The highest BCUT2D eigenvalue weighted by atomic mass is 32.1. The molecule has 2 amide bonds. The zero-order valence-electron chi connectivity index (χ0n) is 23.7. The summed E-state index contributed by atoms with van der Waals surface area (Å²) < 4.78 is 11.2. The molecule has 9 nitrogen and oxygen atoms in total. The van der Waals surface area contributed by atoms with Gasteiger partial charge in [-0.2, -0.15) is 0 Å². The Kier molecular flexibility index (Phi) is 8.65. The van der Waals surface area contributed by atoms with E-state index >= 15 is 0 Å². The summed E-state index contributed by atoms with van der Waals surface area (Å²) in [7, 11) is 1.25. The van der Waals surface area contributed by atoms with Gasteiger partial charge in [0.1, 0.15) is 11.4 Å². The fraction of sp³-hybridized carbons (Fsp3) is 0.250. The van der Waals surface area contributed by atoms with Gasteiger partial charge in [0.2, 0.25) is 0 Å². The molecule has 0 spiro atoms. The number of amides is 2. The van der Waals surface area contributed by atoms with Crippen LogP contribution >= 0.6 is 11.3 Å². The quantitative estimate of drug-likeness (QED) is 0.238. The van der Waals surface area contributed by atoms with Gasteiger partial charge < -0.3 is 25.8 Å². The first-order chi connectivity index (χ1) is 20.3. The van der Waals surface area contributed by atoms with E-state index in [9.17, 15) is 14.4 Å². The van der Waals surface area contributed by atoms with Crippen molar-refractivity contribution in [2.24, 2.45) is 5.73 Å². The molecule has 0 bridgehead atoms. The molecule has 10 heteroatoms. The van der Waals surface area contributed by atoms with Crippen molar-refractivity contribution in [3.63, 3.8) is 0 Å². The van der Waals surface area contributed by atoms with Gasteiger partial charge in [0, 0.05) is 57.2 Å². The number of methoxy groups -OCH3 is 1.